The average molecular weight is 172 g/mol. The van der Waals surface area contributed by atoms with Crippen LogP contribution in [-0.2, 0) is 0 Å². The maximum atomic E-state index is 9.56. The highest BCUT2D eigenvalue weighted by atomic mass is 16.3. The quantitative estimate of drug-likeness (QED) is 0.620. The molecule has 0 aliphatic heterocycles. The van der Waals surface area contributed by atoms with Crippen molar-refractivity contribution in [2.24, 2.45) is 5.92 Å². The fourth-order valence-electron chi connectivity index (χ4n) is 1.29. The Labute approximate surface area is 74.9 Å². The number of hydrogen-bond donors (Lipinski definition) is 2. The van der Waals surface area contributed by atoms with Gasteiger partial charge in [0.1, 0.15) is 0 Å². The molecule has 3 atom stereocenters. The van der Waals surface area contributed by atoms with E-state index in [0.717, 1.165) is 12.8 Å². The summed E-state index contributed by atoms with van der Waals surface area (Å²) in [5.74, 6) is -0.0344. The molecule has 0 heterocycles. The van der Waals surface area contributed by atoms with E-state index in [0.29, 0.717) is 0 Å². The van der Waals surface area contributed by atoms with Crippen LogP contribution < -0.4 is 0 Å². The summed E-state index contributed by atoms with van der Waals surface area (Å²) in [6, 6.07) is 0. The Balaban J connectivity index is 4.02. The molecule has 0 bridgehead atoms. The molecule has 0 saturated carbocycles. The highest BCUT2D eigenvalue weighted by Crippen LogP contribution is 2.14. The molecule has 2 N–H and O–H groups in total. The summed E-state index contributed by atoms with van der Waals surface area (Å²) in [7, 11) is 0. The van der Waals surface area contributed by atoms with E-state index in [9.17, 15) is 10.2 Å². The summed E-state index contributed by atoms with van der Waals surface area (Å²) in [6.07, 6.45) is 4.47. The SMILES string of the molecule is CCC=CC(O)C(CC)C(C)O. The van der Waals surface area contributed by atoms with Crippen molar-refractivity contribution in [3.63, 3.8) is 0 Å². The van der Waals surface area contributed by atoms with Crippen molar-refractivity contribution in [3.8, 4) is 0 Å². The molecule has 0 aliphatic carbocycles. The molecule has 0 saturated heterocycles. The molecule has 0 aromatic carbocycles. The predicted octanol–water partition coefficient (Wildman–Crippen LogP) is 1.72. The third-order valence-corrected chi connectivity index (χ3v) is 2.10. The first-order valence-corrected chi connectivity index (χ1v) is 4.66. The Morgan fingerprint density at radius 2 is 1.83 bits per heavy atom. The topological polar surface area (TPSA) is 40.5 Å². The molecule has 0 aromatic heterocycles. The molecule has 0 spiro atoms. The maximum Gasteiger partial charge on any atom is 0.0773 e. The number of allylic oxidation sites excluding steroid dienone is 1. The van der Waals surface area contributed by atoms with E-state index < -0.39 is 12.2 Å². The van der Waals surface area contributed by atoms with E-state index >= 15 is 0 Å². The van der Waals surface area contributed by atoms with Crippen molar-refractivity contribution in [2.75, 3.05) is 0 Å². The molecule has 72 valence electrons. The first-order chi connectivity index (χ1) is 5.63. The van der Waals surface area contributed by atoms with Crippen molar-refractivity contribution >= 4 is 0 Å². The summed E-state index contributed by atoms with van der Waals surface area (Å²) >= 11 is 0. The van der Waals surface area contributed by atoms with E-state index in [1.807, 2.05) is 19.9 Å². The molecular formula is C10H20O2. The van der Waals surface area contributed by atoms with Gasteiger partial charge in [-0.2, -0.15) is 0 Å². The normalized spacial score (nSPS) is 19.4. The summed E-state index contributed by atoms with van der Waals surface area (Å²) in [6.45, 7) is 5.71. The first kappa shape index (κ1) is 11.7. The van der Waals surface area contributed by atoms with E-state index in [2.05, 4.69) is 0 Å². The van der Waals surface area contributed by atoms with Gasteiger partial charge in [0.05, 0.1) is 12.2 Å². The van der Waals surface area contributed by atoms with Gasteiger partial charge in [0.25, 0.3) is 0 Å². The van der Waals surface area contributed by atoms with Gasteiger partial charge in [0, 0.05) is 5.92 Å². The molecule has 0 radical (unpaired) electrons. The first-order valence-electron chi connectivity index (χ1n) is 4.66. The molecule has 0 aliphatic rings. The van der Waals surface area contributed by atoms with Crippen LogP contribution in [0.25, 0.3) is 0 Å². The summed E-state index contributed by atoms with van der Waals surface area (Å²) in [5, 5.41) is 18.9. The lowest BCUT2D eigenvalue weighted by Crippen LogP contribution is -2.27. The molecule has 0 fully saturated rings. The van der Waals surface area contributed by atoms with Gasteiger partial charge in [-0.15, -0.1) is 0 Å². The molecule has 2 nitrogen and oxygen atoms in total. The van der Waals surface area contributed by atoms with Gasteiger partial charge in [0.2, 0.25) is 0 Å². The lowest BCUT2D eigenvalue weighted by molar-refractivity contribution is 0.0440. The molecular weight excluding hydrogens is 152 g/mol. The zero-order valence-corrected chi connectivity index (χ0v) is 8.20. The lowest BCUT2D eigenvalue weighted by Gasteiger charge is -2.21. The molecule has 3 unspecified atom stereocenters. The van der Waals surface area contributed by atoms with Gasteiger partial charge in [-0.05, 0) is 19.8 Å². The van der Waals surface area contributed by atoms with Crippen molar-refractivity contribution < 1.29 is 10.2 Å². The van der Waals surface area contributed by atoms with Crippen LogP contribution in [0.3, 0.4) is 0 Å². The third kappa shape index (κ3) is 3.88. The minimum atomic E-state index is -0.505. The Morgan fingerprint density at radius 1 is 1.25 bits per heavy atom. The maximum absolute atomic E-state index is 9.56. The monoisotopic (exact) mass is 172 g/mol. The third-order valence-electron chi connectivity index (χ3n) is 2.10. The predicted molar refractivity (Wildman–Crippen MR) is 50.9 cm³/mol. The van der Waals surface area contributed by atoms with E-state index in [4.69, 9.17) is 0 Å². The largest absolute Gasteiger partial charge is 0.393 e. The average Bonchev–Trinajstić information content (AvgIpc) is 2.01. The fraction of sp³-hybridized carbons (Fsp3) is 0.800. The number of hydrogen-bond acceptors (Lipinski definition) is 2. The highest BCUT2D eigenvalue weighted by Gasteiger charge is 2.19. The van der Waals surface area contributed by atoms with Crippen LogP contribution in [0.2, 0.25) is 0 Å². The zero-order valence-electron chi connectivity index (χ0n) is 8.20. The van der Waals surface area contributed by atoms with Crippen molar-refractivity contribution in [3.05, 3.63) is 12.2 Å². The van der Waals surface area contributed by atoms with Crippen LogP contribution in [0.1, 0.15) is 33.6 Å². The van der Waals surface area contributed by atoms with Crippen molar-refractivity contribution in [2.45, 2.75) is 45.8 Å². The van der Waals surface area contributed by atoms with Crippen LogP contribution in [0.5, 0.6) is 0 Å². The van der Waals surface area contributed by atoms with Crippen LogP contribution in [0.15, 0.2) is 12.2 Å². The second-order valence-electron chi connectivity index (χ2n) is 3.14. The van der Waals surface area contributed by atoms with Gasteiger partial charge >= 0.3 is 0 Å². The number of aliphatic hydroxyl groups excluding tert-OH is 2. The Morgan fingerprint density at radius 3 is 2.17 bits per heavy atom. The molecule has 2 heteroatoms. The summed E-state index contributed by atoms with van der Waals surface area (Å²) in [4.78, 5) is 0. The number of aliphatic hydroxyl groups is 2. The smallest absolute Gasteiger partial charge is 0.0773 e. The fourth-order valence-corrected chi connectivity index (χ4v) is 1.29. The van der Waals surface area contributed by atoms with Crippen LogP contribution in [-0.4, -0.2) is 22.4 Å². The Bertz CT molecular complexity index is 130. The second-order valence-corrected chi connectivity index (χ2v) is 3.14. The standard InChI is InChI=1S/C10H20O2/c1-4-6-7-10(12)9(5-2)8(3)11/h6-12H,4-5H2,1-3H3. The molecule has 12 heavy (non-hydrogen) atoms. The van der Waals surface area contributed by atoms with Crippen molar-refractivity contribution in [1.82, 2.24) is 0 Å². The Kier molecular flexibility index (Phi) is 6.03. The van der Waals surface area contributed by atoms with Crippen molar-refractivity contribution in [1.29, 1.82) is 0 Å². The summed E-state index contributed by atoms with van der Waals surface area (Å²) < 4.78 is 0. The van der Waals surface area contributed by atoms with Gasteiger partial charge in [-0.25, -0.2) is 0 Å². The van der Waals surface area contributed by atoms with E-state index in [1.54, 1.807) is 13.0 Å². The van der Waals surface area contributed by atoms with Gasteiger partial charge < -0.3 is 10.2 Å². The van der Waals surface area contributed by atoms with Crippen LogP contribution in [0, 0.1) is 5.92 Å². The number of rotatable bonds is 5. The highest BCUT2D eigenvalue weighted by molar-refractivity contribution is 4.92. The van der Waals surface area contributed by atoms with E-state index in [1.165, 1.54) is 0 Å². The molecule has 0 aromatic rings. The summed E-state index contributed by atoms with van der Waals surface area (Å²) in [5.41, 5.74) is 0. The molecule has 0 rings (SSSR count). The van der Waals surface area contributed by atoms with Gasteiger partial charge in [0.15, 0.2) is 0 Å². The second kappa shape index (κ2) is 6.21. The van der Waals surface area contributed by atoms with E-state index in [-0.39, 0.29) is 5.92 Å². The minimum Gasteiger partial charge on any atom is -0.393 e. The van der Waals surface area contributed by atoms with Gasteiger partial charge in [-0.1, -0.05) is 26.0 Å². The zero-order chi connectivity index (χ0) is 9.56. The van der Waals surface area contributed by atoms with Gasteiger partial charge in [-0.3, -0.25) is 0 Å². The molecule has 0 amide bonds. The Hall–Kier alpha value is -0.340. The van der Waals surface area contributed by atoms with Crippen LogP contribution >= 0.6 is 0 Å². The minimum absolute atomic E-state index is 0.0344. The lowest BCUT2D eigenvalue weighted by atomic mass is 9.94. The van der Waals surface area contributed by atoms with Crippen LogP contribution in [0.4, 0.5) is 0 Å².